The van der Waals surface area contributed by atoms with Crippen LogP contribution in [0.15, 0.2) is 189 Å². The first kappa shape index (κ1) is 30.0. The second kappa shape index (κ2) is 12.4. The van der Waals surface area contributed by atoms with Gasteiger partial charge in [-0.05, 0) is 83.6 Å². The summed E-state index contributed by atoms with van der Waals surface area (Å²) in [5.41, 5.74) is 9.15. The van der Waals surface area contributed by atoms with Crippen molar-refractivity contribution in [2.75, 3.05) is 4.90 Å². The third kappa shape index (κ3) is 4.99. The topological polar surface area (TPSA) is 36.9 Å². The molecule has 0 N–H and O–H groups in total. The second-order valence-electron chi connectivity index (χ2n) is 12.6. The Morgan fingerprint density at radius 1 is 0.529 bits per heavy atom. The van der Waals surface area contributed by atoms with Crippen LogP contribution in [0.5, 0.6) is 0 Å². The molecule has 7 aromatic carbocycles. The van der Waals surface area contributed by atoms with Gasteiger partial charge in [0.05, 0.1) is 28.1 Å². The largest absolute Gasteiger partial charge is 0.310 e. The minimum absolute atomic E-state index is 0.792. The van der Waals surface area contributed by atoms with E-state index in [0.29, 0.717) is 0 Å². The molecule has 0 spiro atoms. The van der Waals surface area contributed by atoms with Crippen molar-refractivity contribution >= 4 is 82.8 Å². The van der Waals surface area contributed by atoms with E-state index in [2.05, 4.69) is 178 Å². The lowest BCUT2D eigenvalue weighted by molar-refractivity contribution is 1.21. The zero-order chi connectivity index (χ0) is 34.3. The highest BCUT2D eigenvalue weighted by Crippen LogP contribution is 2.42. The molecule has 51 heavy (non-hydrogen) atoms. The molecule has 0 atom stereocenters. The summed E-state index contributed by atoms with van der Waals surface area (Å²) in [5.74, 6) is 0. The average molecular weight is 653 g/mol. The number of benzene rings is 7. The van der Waals surface area contributed by atoms with Gasteiger partial charge in [0.2, 0.25) is 0 Å². The molecule has 2 aromatic heterocycles. The Hall–Kier alpha value is -7.09. The fraction of sp³-hybridized carbons (Fsp3) is 0. The van der Waals surface area contributed by atoms with Gasteiger partial charge < -0.3 is 14.0 Å². The van der Waals surface area contributed by atoms with Crippen molar-refractivity contribution in [2.24, 2.45) is 0 Å². The lowest BCUT2D eigenvalue weighted by atomic mass is 10.0. The van der Waals surface area contributed by atoms with Gasteiger partial charge in [0.25, 0.3) is 0 Å². The number of anilines is 3. The quantitative estimate of drug-likeness (QED) is 0.127. The van der Waals surface area contributed by atoms with Crippen molar-refractivity contribution in [3.05, 3.63) is 189 Å². The summed E-state index contributed by atoms with van der Waals surface area (Å²) in [6, 6.07) is 59.7. The van der Waals surface area contributed by atoms with Crippen LogP contribution < -0.4 is 4.90 Å². The van der Waals surface area contributed by atoms with E-state index in [1.54, 1.807) is 0 Å². The van der Waals surface area contributed by atoms with Gasteiger partial charge in [-0.2, -0.15) is 5.26 Å². The number of fused-ring (bicyclic) bond motifs is 8. The third-order valence-electron chi connectivity index (χ3n) is 9.69. The highest BCUT2D eigenvalue weighted by molar-refractivity contribution is 6.22. The predicted molar refractivity (Wildman–Crippen MR) is 215 cm³/mol. The molecule has 0 aliphatic rings. The zero-order valence-electron chi connectivity index (χ0n) is 27.8. The molecule has 0 unspecified atom stereocenters. The first-order valence-electron chi connectivity index (χ1n) is 17.0. The average Bonchev–Trinajstić information content (AvgIpc) is 3.70. The fourth-order valence-electron chi connectivity index (χ4n) is 7.57. The number of hydrogen-bond donors (Lipinski definition) is 0. The highest BCUT2D eigenvalue weighted by atomic mass is 15.1. The number of rotatable bonds is 7. The Labute approximate surface area is 295 Å². The predicted octanol–water partition coefficient (Wildman–Crippen LogP) is 12.6. The van der Waals surface area contributed by atoms with Crippen LogP contribution in [-0.2, 0) is 0 Å². The van der Waals surface area contributed by atoms with Crippen LogP contribution in [0, 0.1) is 11.3 Å². The van der Waals surface area contributed by atoms with Crippen molar-refractivity contribution in [3.63, 3.8) is 0 Å². The van der Waals surface area contributed by atoms with Crippen LogP contribution in [0.1, 0.15) is 0 Å². The SMILES string of the molecule is C=C(/C=C(\C=C\C#N)n1c2ccccc2c2ccccc21)n1c2ccc(N(c3ccccc3)c3ccccc3)cc2c2c3ccccc3ccc21. The molecule has 0 aliphatic heterocycles. The molecule has 4 heteroatoms. The van der Waals surface area contributed by atoms with Crippen molar-refractivity contribution in [1.29, 1.82) is 5.26 Å². The normalized spacial score (nSPS) is 12.0. The molecule has 0 aliphatic carbocycles. The molecule has 0 saturated carbocycles. The number of nitrogens with zero attached hydrogens (tertiary/aromatic N) is 4. The lowest BCUT2D eigenvalue weighted by Gasteiger charge is -2.25. The van der Waals surface area contributed by atoms with E-state index in [1.807, 2.05) is 18.2 Å². The van der Waals surface area contributed by atoms with Gasteiger partial charge in [-0.25, -0.2) is 0 Å². The van der Waals surface area contributed by atoms with E-state index in [1.165, 1.54) is 22.2 Å². The summed E-state index contributed by atoms with van der Waals surface area (Å²) >= 11 is 0. The molecule has 240 valence electrons. The molecule has 2 heterocycles. The number of hydrogen-bond acceptors (Lipinski definition) is 2. The van der Waals surface area contributed by atoms with Crippen molar-refractivity contribution in [3.8, 4) is 6.07 Å². The van der Waals surface area contributed by atoms with Crippen LogP contribution in [-0.4, -0.2) is 9.13 Å². The standard InChI is InChI=1S/C47H32N4/c1-33(31-37(20-14-30-48)51-43-24-12-10-22-40(43)41-23-11-13-25-44(41)51)49-45-29-27-38(50(35-16-4-2-5-17-35)36-18-6-3-7-19-36)32-42(45)47-39-21-9-8-15-34(39)26-28-46(47)49/h2-29,31-32H,1H2/b20-14+,37-31+. The molecule has 0 bridgehead atoms. The number of para-hydroxylation sites is 4. The van der Waals surface area contributed by atoms with Crippen molar-refractivity contribution < 1.29 is 0 Å². The van der Waals surface area contributed by atoms with Gasteiger partial charge in [0.15, 0.2) is 0 Å². The summed E-state index contributed by atoms with van der Waals surface area (Å²) in [7, 11) is 0. The van der Waals surface area contributed by atoms with Crippen LogP contribution in [0.2, 0.25) is 0 Å². The van der Waals surface area contributed by atoms with Crippen LogP contribution in [0.4, 0.5) is 17.1 Å². The maximum atomic E-state index is 9.67. The highest BCUT2D eigenvalue weighted by Gasteiger charge is 2.19. The molecule has 0 radical (unpaired) electrons. The van der Waals surface area contributed by atoms with E-state index in [4.69, 9.17) is 6.58 Å². The van der Waals surface area contributed by atoms with Crippen molar-refractivity contribution in [2.45, 2.75) is 0 Å². The summed E-state index contributed by atoms with van der Waals surface area (Å²) in [6.45, 7) is 4.69. The first-order valence-corrected chi connectivity index (χ1v) is 17.0. The monoisotopic (exact) mass is 652 g/mol. The van der Waals surface area contributed by atoms with Gasteiger partial charge >= 0.3 is 0 Å². The number of aromatic nitrogens is 2. The Morgan fingerprint density at radius 3 is 1.73 bits per heavy atom. The Kier molecular flexibility index (Phi) is 7.30. The molecule has 0 saturated heterocycles. The lowest BCUT2D eigenvalue weighted by Crippen LogP contribution is -2.09. The number of allylic oxidation sites excluding steroid dienone is 5. The van der Waals surface area contributed by atoms with Gasteiger partial charge in [0.1, 0.15) is 0 Å². The van der Waals surface area contributed by atoms with Gasteiger partial charge in [0, 0.05) is 56.1 Å². The van der Waals surface area contributed by atoms with E-state index < -0.39 is 0 Å². The minimum atomic E-state index is 0.792. The Morgan fingerprint density at radius 2 is 1.08 bits per heavy atom. The molecular weight excluding hydrogens is 621 g/mol. The van der Waals surface area contributed by atoms with Crippen LogP contribution >= 0.6 is 0 Å². The third-order valence-corrected chi connectivity index (χ3v) is 9.69. The maximum Gasteiger partial charge on any atom is 0.0912 e. The molecule has 9 aromatic rings. The summed E-state index contributed by atoms with van der Waals surface area (Å²) in [4.78, 5) is 2.30. The maximum absolute atomic E-state index is 9.67. The van der Waals surface area contributed by atoms with E-state index in [-0.39, 0.29) is 0 Å². The Bertz CT molecular complexity index is 2790. The zero-order valence-corrected chi connectivity index (χ0v) is 27.8. The molecular formula is C47H32N4. The fourth-order valence-corrected chi connectivity index (χ4v) is 7.57. The van der Waals surface area contributed by atoms with Gasteiger partial charge in [-0.15, -0.1) is 0 Å². The minimum Gasteiger partial charge on any atom is -0.310 e. The first-order chi connectivity index (χ1) is 25.2. The molecule has 9 rings (SSSR count). The smallest absolute Gasteiger partial charge is 0.0912 e. The van der Waals surface area contributed by atoms with Crippen LogP contribution in [0.25, 0.3) is 65.8 Å². The van der Waals surface area contributed by atoms with Gasteiger partial charge in [-0.1, -0.05) is 110 Å². The second-order valence-corrected chi connectivity index (χ2v) is 12.6. The van der Waals surface area contributed by atoms with E-state index in [9.17, 15) is 5.26 Å². The molecule has 0 fully saturated rings. The van der Waals surface area contributed by atoms with Gasteiger partial charge in [-0.3, -0.25) is 0 Å². The Balaban J connectivity index is 1.30. The van der Waals surface area contributed by atoms with Crippen molar-refractivity contribution in [1.82, 2.24) is 9.13 Å². The molecule has 0 amide bonds. The molecule has 4 nitrogen and oxygen atoms in total. The van der Waals surface area contributed by atoms with E-state index >= 15 is 0 Å². The van der Waals surface area contributed by atoms with Crippen LogP contribution in [0.3, 0.4) is 0 Å². The summed E-state index contributed by atoms with van der Waals surface area (Å²) < 4.78 is 4.48. The number of nitriles is 1. The summed E-state index contributed by atoms with van der Waals surface area (Å²) in [6.07, 6.45) is 5.51. The van der Waals surface area contributed by atoms with E-state index in [0.717, 1.165) is 66.7 Å². The summed E-state index contributed by atoms with van der Waals surface area (Å²) in [5, 5.41) is 16.7.